The van der Waals surface area contributed by atoms with Crippen molar-refractivity contribution in [2.24, 2.45) is 0 Å². The van der Waals surface area contributed by atoms with E-state index in [0.29, 0.717) is 42.7 Å². The van der Waals surface area contributed by atoms with Crippen molar-refractivity contribution in [1.82, 2.24) is 4.90 Å². The summed E-state index contributed by atoms with van der Waals surface area (Å²) in [5.41, 5.74) is 3.56. The Balaban J connectivity index is 1.82. The van der Waals surface area contributed by atoms with Crippen molar-refractivity contribution in [3.8, 4) is 5.75 Å². The molecule has 180 valence electrons. The summed E-state index contributed by atoms with van der Waals surface area (Å²) in [5.74, 6) is 0.594. The van der Waals surface area contributed by atoms with Crippen LogP contribution in [0.15, 0.2) is 45.6 Å². The van der Waals surface area contributed by atoms with E-state index in [4.69, 9.17) is 13.9 Å². The highest BCUT2D eigenvalue weighted by Gasteiger charge is 2.42. The zero-order chi connectivity index (χ0) is 24.4. The highest BCUT2D eigenvalue weighted by atomic mass is 16.5. The van der Waals surface area contributed by atoms with E-state index in [-0.39, 0.29) is 23.2 Å². The van der Waals surface area contributed by atoms with Gasteiger partial charge in [-0.15, -0.1) is 0 Å². The van der Waals surface area contributed by atoms with Crippen molar-refractivity contribution in [3.63, 3.8) is 0 Å². The number of aryl methyl sites for hydroxylation is 2. The molecule has 1 aliphatic rings. The lowest BCUT2D eigenvalue weighted by atomic mass is 9.97. The number of carbonyl (C=O) groups is 1. The van der Waals surface area contributed by atoms with Crippen LogP contribution in [0.1, 0.15) is 72.5 Å². The average molecular weight is 464 g/mol. The highest BCUT2D eigenvalue weighted by Crippen LogP contribution is 2.39. The number of carbonyl (C=O) groups excluding carboxylic acids is 1. The molecule has 1 atom stereocenters. The number of rotatable bonds is 9. The SMILES string of the molecule is CCCOc1cccc(C2c3c(oc4cc(C)c(C)cc4c3=O)C(=O)N2CCCOC(C)C)c1. The van der Waals surface area contributed by atoms with Gasteiger partial charge < -0.3 is 18.8 Å². The van der Waals surface area contributed by atoms with E-state index < -0.39 is 6.04 Å². The molecule has 0 N–H and O–H groups in total. The number of ether oxygens (including phenoxy) is 2. The Labute approximate surface area is 200 Å². The fraction of sp³-hybridized carbons (Fsp3) is 0.429. The van der Waals surface area contributed by atoms with E-state index in [1.807, 2.05) is 64.1 Å². The van der Waals surface area contributed by atoms with Crippen LogP contribution < -0.4 is 10.2 Å². The molecule has 6 nitrogen and oxygen atoms in total. The van der Waals surface area contributed by atoms with Gasteiger partial charge in [-0.1, -0.05) is 19.1 Å². The van der Waals surface area contributed by atoms with Gasteiger partial charge in [0.15, 0.2) is 5.43 Å². The third-order valence-corrected chi connectivity index (χ3v) is 6.22. The molecule has 0 saturated heterocycles. The molecule has 0 fully saturated rings. The molecule has 4 rings (SSSR count). The van der Waals surface area contributed by atoms with Crippen LogP contribution in [-0.4, -0.2) is 36.7 Å². The lowest BCUT2D eigenvalue weighted by molar-refractivity contribution is 0.0593. The second-order valence-corrected chi connectivity index (χ2v) is 9.20. The molecular weight excluding hydrogens is 430 g/mol. The first-order valence-corrected chi connectivity index (χ1v) is 12.0. The number of benzene rings is 2. The molecule has 0 saturated carbocycles. The summed E-state index contributed by atoms with van der Waals surface area (Å²) < 4.78 is 17.6. The summed E-state index contributed by atoms with van der Waals surface area (Å²) in [5, 5.41) is 0.503. The first kappa shape index (κ1) is 24.0. The zero-order valence-electron chi connectivity index (χ0n) is 20.6. The predicted octanol–water partition coefficient (Wildman–Crippen LogP) is 5.56. The quantitative estimate of drug-likeness (QED) is 0.389. The number of hydrogen-bond acceptors (Lipinski definition) is 5. The summed E-state index contributed by atoms with van der Waals surface area (Å²) in [4.78, 5) is 29.0. The minimum Gasteiger partial charge on any atom is -0.494 e. The van der Waals surface area contributed by atoms with E-state index >= 15 is 0 Å². The molecule has 0 aliphatic carbocycles. The van der Waals surface area contributed by atoms with Crippen molar-refractivity contribution in [2.45, 2.75) is 59.6 Å². The first-order chi connectivity index (χ1) is 16.3. The zero-order valence-corrected chi connectivity index (χ0v) is 20.6. The molecule has 34 heavy (non-hydrogen) atoms. The normalized spacial score (nSPS) is 15.4. The van der Waals surface area contributed by atoms with Crippen LogP contribution >= 0.6 is 0 Å². The molecule has 0 spiro atoms. The average Bonchev–Trinajstić information content (AvgIpc) is 3.08. The summed E-state index contributed by atoms with van der Waals surface area (Å²) in [6, 6.07) is 10.8. The molecular formula is C28H33NO5. The standard InChI is InChI=1S/C28H33NO5/c1-6-12-33-21-10-7-9-20(16-21)25-24-26(30)22-14-18(4)19(5)15-23(22)34-27(24)28(31)29(25)11-8-13-32-17(2)3/h7,9-10,14-17,25H,6,8,11-13H2,1-5H3. The summed E-state index contributed by atoms with van der Waals surface area (Å²) in [7, 11) is 0. The van der Waals surface area contributed by atoms with Crippen molar-refractivity contribution >= 4 is 16.9 Å². The van der Waals surface area contributed by atoms with Crippen LogP contribution in [0.2, 0.25) is 0 Å². The minimum atomic E-state index is -0.533. The van der Waals surface area contributed by atoms with Crippen molar-refractivity contribution in [2.75, 3.05) is 19.8 Å². The number of amides is 1. The predicted molar refractivity (Wildman–Crippen MR) is 133 cm³/mol. The topological polar surface area (TPSA) is 69.0 Å². The second kappa shape index (κ2) is 10.0. The fourth-order valence-corrected chi connectivity index (χ4v) is 4.40. The Morgan fingerprint density at radius 2 is 1.82 bits per heavy atom. The molecule has 2 aromatic carbocycles. The van der Waals surface area contributed by atoms with Crippen LogP contribution in [0.3, 0.4) is 0 Å². The fourth-order valence-electron chi connectivity index (χ4n) is 4.40. The van der Waals surface area contributed by atoms with Crippen LogP contribution in [0.4, 0.5) is 0 Å². The van der Waals surface area contributed by atoms with Gasteiger partial charge in [-0.3, -0.25) is 9.59 Å². The molecule has 0 bridgehead atoms. The van der Waals surface area contributed by atoms with Gasteiger partial charge in [-0.2, -0.15) is 0 Å². The maximum atomic E-state index is 13.7. The van der Waals surface area contributed by atoms with Gasteiger partial charge in [0.05, 0.1) is 29.7 Å². The Bertz CT molecular complexity index is 1260. The van der Waals surface area contributed by atoms with Crippen LogP contribution in [0.25, 0.3) is 11.0 Å². The van der Waals surface area contributed by atoms with Gasteiger partial charge in [0.1, 0.15) is 11.3 Å². The van der Waals surface area contributed by atoms with Crippen molar-refractivity contribution in [3.05, 3.63) is 74.6 Å². The molecule has 2 heterocycles. The Morgan fingerprint density at radius 3 is 2.56 bits per heavy atom. The van der Waals surface area contributed by atoms with Gasteiger partial charge in [-0.25, -0.2) is 0 Å². The largest absolute Gasteiger partial charge is 0.494 e. The van der Waals surface area contributed by atoms with Crippen LogP contribution in [-0.2, 0) is 4.74 Å². The maximum absolute atomic E-state index is 13.7. The highest BCUT2D eigenvalue weighted by molar-refractivity contribution is 5.99. The van der Waals surface area contributed by atoms with E-state index in [1.165, 1.54) is 0 Å². The van der Waals surface area contributed by atoms with E-state index in [0.717, 1.165) is 28.9 Å². The van der Waals surface area contributed by atoms with Crippen LogP contribution in [0, 0.1) is 13.8 Å². The number of fused-ring (bicyclic) bond motifs is 2. The van der Waals surface area contributed by atoms with E-state index in [2.05, 4.69) is 6.92 Å². The van der Waals surface area contributed by atoms with Crippen molar-refractivity contribution in [1.29, 1.82) is 0 Å². The van der Waals surface area contributed by atoms with Crippen molar-refractivity contribution < 1.29 is 18.7 Å². The molecule has 3 aromatic rings. The van der Waals surface area contributed by atoms with E-state index in [1.54, 1.807) is 4.90 Å². The van der Waals surface area contributed by atoms with Gasteiger partial charge in [0.25, 0.3) is 5.91 Å². The maximum Gasteiger partial charge on any atom is 0.290 e. The molecule has 0 radical (unpaired) electrons. The molecule has 1 aromatic heterocycles. The summed E-state index contributed by atoms with van der Waals surface area (Å²) >= 11 is 0. The monoisotopic (exact) mass is 463 g/mol. The molecule has 1 aliphatic heterocycles. The molecule has 1 unspecified atom stereocenters. The molecule has 1 amide bonds. The van der Waals surface area contributed by atoms with Gasteiger partial charge in [0.2, 0.25) is 5.76 Å². The van der Waals surface area contributed by atoms with Gasteiger partial charge in [0, 0.05) is 13.2 Å². The van der Waals surface area contributed by atoms with E-state index in [9.17, 15) is 9.59 Å². The third kappa shape index (κ3) is 4.60. The summed E-state index contributed by atoms with van der Waals surface area (Å²) in [6.45, 7) is 11.6. The second-order valence-electron chi connectivity index (χ2n) is 9.20. The van der Waals surface area contributed by atoms with Gasteiger partial charge in [-0.05, 0) is 81.5 Å². The first-order valence-electron chi connectivity index (χ1n) is 12.0. The number of hydrogen-bond donors (Lipinski definition) is 0. The number of nitrogens with zero attached hydrogens (tertiary/aromatic N) is 1. The minimum absolute atomic E-state index is 0.120. The smallest absolute Gasteiger partial charge is 0.290 e. The molecule has 6 heteroatoms. The lowest BCUT2D eigenvalue weighted by Crippen LogP contribution is -2.31. The van der Waals surface area contributed by atoms with Gasteiger partial charge >= 0.3 is 0 Å². The van der Waals surface area contributed by atoms with Crippen LogP contribution in [0.5, 0.6) is 5.75 Å². The Kier molecular flexibility index (Phi) is 7.08. The Hall–Kier alpha value is -3.12. The Morgan fingerprint density at radius 1 is 1.06 bits per heavy atom. The lowest BCUT2D eigenvalue weighted by Gasteiger charge is -2.25. The summed E-state index contributed by atoms with van der Waals surface area (Å²) in [6.07, 6.45) is 1.67. The third-order valence-electron chi connectivity index (χ3n) is 6.22.